The van der Waals surface area contributed by atoms with Gasteiger partial charge in [-0.1, -0.05) is 29.8 Å². The first-order valence-electron chi connectivity index (χ1n) is 8.60. The van der Waals surface area contributed by atoms with E-state index in [4.69, 9.17) is 16.3 Å². The van der Waals surface area contributed by atoms with Crippen molar-refractivity contribution in [1.82, 2.24) is 0 Å². The summed E-state index contributed by atoms with van der Waals surface area (Å²) in [5.74, 6) is 0.0383. The molecular formula is C22H19ClN2O3. The molecule has 0 bridgehead atoms. The summed E-state index contributed by atoms with van der Waals surface area (Å²) in [6.07, 6.45) is 0. The highest BCUT2D eigenvalue weighted by Crippen LogP contribution is 2.25. The second kappa shape index (κ2) is 8.59. The second-order valence-electron chi connectivity index (χ2n) is 6.15. The summed E-state index contributed by atoms with van der Waals surface area (Å²) in [7, 11) is 1.56. The van der Waals surface area contributed by atoms with E-state index in [-0.39, 0.29) is 11.8 Å². The van der Waals surface area contributed by atoms with Gasteiger partial charge in [0, 0.05) is 16.8 Å². The Hall–Kier alpha value is -3.31. The Morgan fingerprint density at radius 2 is 1.43 bits per heavy atom. The molecule has 0 aromatic heterocycles. The third-order valence-corrected chi connectivity index (χ3v) is 4.55. The van der Waals surface area contributed by atoms with E-state index in [1.165, 1.54) is 0 Å². The van der Waals surface area contributed by atoms with Gasteiger partial charge in [0.25, 0.3) is 11.8 Å². The summed E-state index contributed by atoms with van der Waals surface area (Å²) in [6.45, 7) is 1.91. The van der Waals surface area contributed by atoms with Crippen LogP contribution in [0, 0.1) is 6.92 Å². The fourth-order valence-electron chi connectivity index (χ4n) is 2.61. The van der Waals surface area contributed by atoms with E-state index in [0.717, 1.165) is 11.3 Å². The van der Waals surface area contributed by atoms with Crippen LogP contribution in [0.15, 0.2) is 66.7 Å². The van der Waals surface area contributed by atoms with E-state index in [0.29, 0.717) is 27.6 Å². The van der Waals surface area contributed by atoms with Gasteiger partial charge >= 0.3 is 0 Å². The summed E-state index contributed by atoms with van der Waals surface area (Å²) in [5.41, 5.74) is 2.88. The first-order valence-corrected chi connectivity index (χ1v) is 8.97. The predicted octanol–water partition coefficient (Wildman–Crippen LogP) is 5.16. The predicted molar refractivity (Wildman–Crippen MR) is 112 cm³/mol. The van der Waals surface area contributed by atoms with Crippen LogP contribution in [0.2, 0.25) is 5.02 Å². The molecule has 0 unspecified atom stereocenters. The third kappa shape index (κ3) is 4.50. The van der Waals surface area contributed by atoms with Gasteiger partial charge in [-0.05, 0) is 61.0 Å². The normalized spacial score (nSPS) is 10.2. The van der Waals surface area contributed by atoms with Gasteiger partial charge in [-0.15, -0.1) is 0 Å². The van der Waals surface area contributed by atoms with Crippen molar-refractivity contribution < 1.29 is 14.3 Å². The molecule has 0 heterocycles. The number of aryl methyl sites for hydroxylation is 1. The maximum absolute atomic E-state index is 12.6. The molecule has 142 valence electrons. The van der Waals surface area contributed by atoms with Crippen molar-refractivity contribution >= 4 is 34.8 Å². The average molecular weight is 395 g/mol. The number of carbonyl (C=O) groups is 2. The average Bonchev–Trinajstić information content (AvgIpc) is 2.71. The molecule has 0 spiro atoms. The first-order chi connectivity index (χ1) is 13.5. The Morgan fingerprint density at radius 1 is 0.821 bits per heavy atom. The van der Waals surface area contributed by atoms with Crippen LogP contribution >= 0.6 is 11.6 Å². The molecule has 0 saturated carbocycles. The molecule has 28 heavy (non-hydrogen) atoms. The third-order valence-electron chi connectivity index (χ3n) is 4.22. The van der Waals surface area contributed by atoms with Crippen molar-refractivity contribution in [3.8, 4) is 5.75 Å². The number of carbonyl (C=O) groups excluding carboxylic acids is 2. The Balaban J connectivity index is 1.78. The fraction of sp³-hybridized carbons (Fsp3) is 0.0909. The van der Waals surface area contributed by atoms with E-state index in [2.05, 4.69) is 10.6 Å². The minimum Gasteiger partial charge on any atom is -0.497 e. The number of ether oxygens (including phenoxy) is 1. The monoisotopic (exact) mass is 394 g/mol. The van der Waals surface area contributed by atoms with Gasteiger partial charge in [-0.2, -0.15) is 0 Å². The van der Waals surface area contributed by atoms with Gasteiger partial charge in [0.1, 0.15) is 5.75 Å². The molecule has 3 rings (SSSR count). The Morgan fingerprint density at radius 3 is 2.11 bits per heavy atom. The molecule has 2 N–H and O–H groups in total. The number of amides is 2. The van der Waals surface area contributed by atoms with Crippen LogP contribution in [0.5, 0.6) is 5.75 Å². The second-order valence-corrected chi connectivity index (χ2v) is 6.55. The van der Waals surface area contributed by atoms with E-state index < -0.39 is 0 Å². The molecule has 0 fully saturated rings. The zero-order valence-electron chi connectivity index (χ0n) is 15.5. The number of benzene rings is 3. The summed E-state index contributed by atoms with van der Waals surface area (Å²) in [5, 5.41) is 5.95. The molecule has 2 amide bonds. The molecular weight excluding hydrogens is 376 g/mol. The molecule has 6 heteroatoms. The summed E-state index contributed by atoms with van der Waals surface area (Å²) in [4.78, 5) is 25.0. The van der Waals surface area contributed by atoms with Crippen molar-refractivity contribution in [2.75, 3.05) is 17.7 Å². The van der Waals surface area contributed by atoms with Gasteiger partial charge in [0.15, 0.2) is 0 Å². The minimum absolute atomic E-state index is 0.286. The van der Waals surface area contributed by atoms with E-state index in [9.17, 15) is 9.59 Å². The van der Waals surface area contributed by atoms with Gasteiger partial charge < -0.3 is 15.4 Å². The zero-order chi connectivity index (χ0) is 20.1. The summed E-state index contributed by atoms with van der Waals surface area (Å²) in [6, 6.07) is 18.9. The van der Waals surface area contributed by atoms with Crippen LogP contribution in [-0.2, 0) is 0 Å². The van der Waals surface area contributed by atoms with Gasteiger partial charge in [-0.25, -0.2) is 0 Å². The first kappa shape index (κ1) is 19.5. The van der Waals surface area contributed by atoms with Crippen molar-refractivity contribution in [3.63, 3.8) is 0 Å². The highest BCUT2D eigenvalue weighted by molar-refractivity contribution is 6.34. The summed E-state index contributed by atoms with van der Waals surface area (Å²) < 4.78 is 5.09. The molecule has 3 aromatic carbocycles. The van der Waals surface area contributed by atoms with E-state index in [1.54, 1.807) is 49.6 Å². The van der Waals surface area contributed by atoms with Crippen LogP contribution in [0.1, 0.15) is 26.3 Å². The number of halogens is 1. The molecule has 0 saturated heterocycles. The molecule has 0 aliphatic carbocycles. The lowest BCUT2D eigenvalue weighted by Gasteiger charge is -2.11. The summed E-state index contributed by atoms with van der Waals surface area (Å²) >= 11 is 6.20. The van der Waals surface area contributed by atoms with Crippen molar-refractivity contribution in [1.29, 1.82) is 0 Å². The number of rotatable bonds is 5. The smallest absolute Gasteiger partial charge is 0.255 e. The van der Waals surface area contributed by atoms with Crippen molar-refractivity contribution in [3.05, 3.63) is 88.4 Å². The van der Waals surface area contributed by atoms with E-state index in [1.807, 2.05) is 31.2 Å². The topological polar surface area (TPSA) is 67.4 Å². The van der Waals surface area contributed by atoms with Crippen molar-refractivity contribution in [2.24, 2.45) is 0 Å². The number of para-hydroxylation sites is 1. The van der Waals surface area contributed by atoms with Crippen LogP contribution in [0.4, 0.5) is 11.4 Å². The zero-order valence-corrected chi connectivity index (χ0v) is 16.2. The van der Waals surface area contributed by atoms with Gasteiger partial charge in [-0.3, -0.25) is 9.59 Å². The maximum atomic E-state index is 12.6. The van der Waals surface area contributed by atoms with Gasteiger partial charge in [0.2, 0.25) is 0 Å². The lowest BCUT2D eigenvalue weighted by molar-refractivity contribution is 0.101. The minimum atomic E-state index is -0.332. The largest absolute Gasteiger partial charge is 0.497 e. The molecule has 3 aromatic rings. The maximum Gasteiger partial charge on any atom is 0.255 e. The molecule has 0 radical (unpaired) electrons. The number of nitrogens with one attached hydrogen (secondary N) is 2. The SMILES string of the molecule is COc1ccc(C(=O)Nc2cc(C(=O)Nc3ccccc3C)ccc2Cl)cc1. The highest BCUT2D eigenvalue weighted by atomic mass is 35.5. The van der Waals surface area contributed by atoms with Crippen LogP contribution in [0.3, 0.4) is 0 Å². The number of anilines is 2. The molecule has 0 aliphatic rings. The molecule has 0 atom stereocenters. The fourth-order valence-corrected chi connectivity index (χ4v) is 2.77. The van der Waals surface area contributed by atoms with E-state index >= 15 is 0 Å². The Labute approximate surface area is 168 Å². The van der Waals surface area contributed by atoms with Crippen molar-refractivity contribution in [2.45, 2.75) is 6.92 Å². The number of hydrogen-bond acceptors (Lipinski definition) is 3. The van der Waals surface area contributed by atoms with Gasteiger partial charge in [0.05, 0.1) is 17.8 Å². The Kier molecular flexibility index (Phi) is 5.96. The number of methoxy groups -OCH3 is 1. The quantitative estimate of drug-likeness (QED) is 0.628. The lowest BCUT2D eigenvalue weighted by Crippen LogP contribution is -2.15. The standard InChI is InChI=1S/C22H19ClN2O3/c1-14-5-3-4-6-19(14)24-22(27)16-9-12-18(23)20(13-16)25-21(26)15-7-10-17(28-2)11-8-15/h3-13H,1-2H3,(H,24,27)(H,25,26). The lowest BCUT2D eigenvalue weighted by atomic mass is 10.1. The molecule has 0 aliphatic heterocycles. The van der Waals surface area contributed by atoms with Crippen LogP contribution in [-0.4, -0.2) is 18.9 Å². The van der Waals surface area contributed by atoms with Crippen LogP contribution in [0.25, 0.3) is 0 Å². The molecule has 5 nitrogen and oxygen atoms in total. The number of hydrogen-bond donors (Lipinski definition) is 2. The van der Waals surface area contributed by atoms with Crippen LogP contribution < -0.4 is 15.4 Å². The highest BCUT2D eigenvalue weighted by Gasteiger charge is 2.13. The Bertz CT molecular complexity index is 1020.